The van der Waals surface area contributed by atoms with Gasteiger partial charge in [0.1, 0.15) is 5.82 Å². The minimum absolute atomic E-state index is 0.148. The molecule has 0 radical (unpaired) electrons. The highest BCUT2D eigenvalue weighted by Crippen LogP contribution is 2.40. The van der Waals surface area contributed by atoms with Crippen LogP contribution in [0.5, 0.6) is 0 Å². The average molecular weight is 360 g/mol. The molecule has 1 amide bonds. The maximum absolute atomic E-state index is 12.7. The number of rotatable bonds is 2. The minimum atomic E-state index is -0.465. The van der Waals surface area contributed by atoms with Gasteiger partial charge in [0.25, 0.3) is 11.1 Å². The van der Waals surface area contributed by atoms with E-state index in [1.165, 1.54) is 18.2 Å². The summed E-state index contributed by atoms with van der Waals surface area (Å²) >= 11 is 1.31. The van der Waals surface area contributed by atoms with Crippen molar-refractivity contribution in [1.82, 2.24) is 14.8 Å². The number of aromatic nitrogens is 3. The van der Waals surface area contributed by atoms with Gasteiger partial charge in [-0.15, -0.1) is 11.8 Å². The van der Waals surface area contributed by atoms with Crippen LogP contribution in [0, 0.1) is 0 Å². The fourth-order valence-corrected chi connectivity index (χ4v) is 4.88. The molecule has 4 rings (SSSR count). The monoisotopic (exact) mass is 360 g/mol. The highest BCUT2D eigenvalue weighted by molar-refractivity contribution is 8.00. The number of H-pyrrole nitrogens is 2. The van der Waals surface area contributed by atoms with Gasteiger partial charge < -0.3 is 10.3 Å². The van der Waals surface area contributed by atoms with Crippen molar-refractivity contribution in [2.24, 2.45) is 0 Å². The molecule has 1 aliphatic heterocycles. The van der Waals surface area contributed by atoms with Crippen molar-refractivity contribution in [1.29, 1.82) is 0 Å². The van der Waals surface area contributed by atoms with Gasteiger partial charge in [0.05, 0.1) is 22.6 Å². The largest absolute Gasteiger partial charge is 0.329 e. The SMILES string of the molecule is O=C1CS[C@H](c2ccc[nH]c2=O)c2c(n(C3CCCCC3)[nH]c2=O)N1. The van der Waals surface area contributed by atoms with E-state index in [-0.39, 0.29) is 28.8 Å². The minimum Gasteiger partial charge on any atom is -0.329 e. The number of fused-ring (bicyclic) bond motifs is 1. The molecule has 25 heavy (non-hydrogen) atoms. The van der Waals surface area contributed by atoms with Crippen molar-refractivity contribution in [3.05, 3.63) is 50.2 Å². The van der Waals surface area contributed by atoms with E-state index < -0.39 is 5.25 Å². The average Bonchev–Trinajstić information content (AvgIpc) is 2.83. The molecule has 2 aromatic rings. The van der Waals surface area contributed by atoms with Gasteiger partial charge in [-0.2, -0.15) is 0 Å². The zero-order valence-corrected chi connectivity index (χ0v) is 14.5. The van der Waals surface area contributed by atoms with Gasteiger partial charge in [-0.1, -0.05) is 25.3 Å². The molecule has 3 N–H and O–H groups in total. The summed E-state index contributed by atoms with van der Waals surface area (Å²) in [6.45, 7) is 0. The number of carbonyl (C=O) groups excluding carboxylic acids is 1. The molecule has 7 nitrogen and oxygen atoms in total. The molecule has 0 bridgehead atoms. The topological polar surface area (TPSA) is 99.8 Å². The van der Waals surface area contributed by atoms with E-state index in [1.807, 2.05) is 4.68 Å². The summed E-state index contributed by atoms with van der Waals surface area (Å²) in [6.07, 6.45) is 6.96. The molecule has 1 saturated carbocycles. The number of amides is 1. The first-order chi connectivity index (χ1) is 12.1. The molecule has 0 unspecified atom stereocenters. The quantitative estimate of drug-likeness (QED) is 0.764. The zero-order valence-electron chi connectivity index (χ0n) is 13.7. The number of aromatic amines is 2. The van der Waals surface area contributed by atoms with Crippen LogP contribution in [0.4, 0.5) is 5.82 Å². The molecule has 132 valence electrons. The molecule has 2 aromatic heterocycles. The van der Waals surface area contributed by atoms with E-state index in [2.05, 4.69) is 15.4 Å². The van der Waals surface area contributed by atoms with Gasteiger partial charge in [-0.05, 0) is 18.9 Å². The first-order valence-electron chi connectivity index (χ1n) is 8.58. The van der Waals surface area contributed by atoms with Crippen molar-refractivity contribution in [3.63, 3.8) is 0 Å². The van der Waals surface area contributed by atoms with E-state index in [9.17, 15) is 14.4 Å². The number of nitrogens with zero attached hydrogens (tertiary/aromatic N) is 1. The number of carbonyl (C=O) groups is 1. The third-order valence-corrected chi connectivity index (χ3v) is 6.19. The lowest BCUT2D eigenvalue weighted by atomic mass is 9.95. The van der Waals surface area contributed by atoms with E-state index >= 15 is 0 Å². The molecule has 1 aliphatic carbocycles. The van der Waals surface area contributed by atoms with Crippen molar-refractivity contribution < 1.29 is 4.79 Å². The zero-order chi connectivity index (χ0) is 17.4. The first kappa shape index (κ1) is 16.3. The van der Waals surface area contributed by atoms with Crippen LogP contribution in [0.1, 0.15) is 54.5 Å². The van der Waals surface area contributed by atoms with Crippen LogP contribution in [0.2, 0.25) is 0 Å². The molecule has 0 saturated heterocycles. The van der Waals surface area contributed by atoms with Crippen LogP contribution in [0.15, 0.2) is 27.9 Å². The van der Waals surface area contributed by atoms with Crippen molar-refractivity contribution >= 4 is 23.5 Å². The Morgan fingerprint density at radius 2 is 1.88 bits per heavy atom. The van der Waals surface area contributed by atoms with E-state index in [0.717, 1.165) is 25.7 Å². The third kappa shape index (κ3) is 2.95. The van der Waals surface area contributed by atoms with E-state index in [0.29, 0.717) is 16.9 Å². The standard InChI is InChI=1S/C17H20N4O3S/c22-12-9-25-14(11-7-4-8-18-16(11)23)13-15(19-12)21(20-17(13)24)10-5-2-1-3-6-10/h4,7-8,10,14H,1-3,5-6,9H2,(H,18,23)(H,19,22)(H,20,24)/t14-/m1/s1. The van der Waals surface area contributed by atoms with Crippen LogP contribution in [0.3, 0.4) is 0 Å². The second-order valence-corrected chi connectivity index (χ2v) is 7.65. The lowest BCUT2D eigenvalue weighted by molar-refractivity contribution is -0.113. The summed E-state index contributed by atoms with van der Waals surface area (Å²) in [4.78, 5) is 39.8. The number of hydrogen-bond acceptors (Lipinski definition) is 4. The maximum atomic E-state index is 12.7. The first-order valence-corrected chi connectivity index (χ1v) is 9.63. The van der Waals surface area contributed by atoms with Crippen LogP contribution in [-0.4, -0.2) is 26.4 Å². The summed E-state index contributed by atoms with van der Waals surface area (Å²) in [7, 11) is 0. The predicted molar refractivity (Wildman–Crippen MR) is 97.2 cm³/mol. The van der Waals surface area contributed by atoms with Gasteiger partial charge in [0.15, 0.2) is 0 Å². The van der Waals surface area contributed by atoms with Crippen molar-refractivity contribution in [2.45, 2.75) is 43.4 Å². The second-order valence-electron chi connectivity index (χ2n) is 6.56. The Bertz CT molecular complexity index is 907. The summed E-state index contributed by atoms with van der Waals surface area (Å²) in [5.41, 5.74) is 0.504. The Balaban J connectivity index is 1.86. The Kier molecular flexibility index (Phi) is 4.29. The van der Waals surface area contributed by atoms with Crippen molar-refractivity contribution in [3.8, 4) is 0 Å². The fourth-order valence-electron chi connectivity index (χ4n) is 3.74. The molecular weight excluding hydrogens is 340 g/mol. The van der Waals surface area contributed by atoms with Gasteiger partial charge >= 0.3 is 0 Å². The van der Waals surface area contributed by atoms with Gasteiger partial charge in [0, 0.05) is 11.8 Å². The van der Waals surface area contributed by atoms with E-state index in [1.54, 1.807) is 18.3 Å². The predicted octanol–water partition coefficient (Wildman–Crippen LogP) is 2.14. The smallest absolute Gasteiger partial charge is 0.270 e. The summed E-state index contributed by atoms with van der Waals surface area (Å²) in [5, 5.41) is 5.34. The number of hydrogen-bond donors (Lipinski definition) is 3. The summed E-state index contributed by atoms with van der Waals surface area (Å²) < 4.78 is 1.82. The number of thioether (sulfide) groups is 1. The second kappa shape index (κ2) is 6.59. The van der Waals surface area contributed by atoms with Gasteiger partial charge in [0.2, 0.25) is 5.91 Å². The Morgan fingerprint density at radius 3 is 2.64 bits per heavy atom. The molecule has 8 heteroatoms. The Labute approximate surface area is 148 Å². The number of anilines is 1. The molecule has 1 atom stereocenters. The fraction of sp³-hybridized carbons (Fsp3) is 0.471. The highest BCUT2D eigenvalue weighted by atomic mass is 32.2. The van der Waals surface area contributed by atoms with Gasteiger partial charge in [-0.25, -0.2) is 0 Å². The van der Waals surface area contributed by atoms with Crippen LogP contribution < -0.4 is 16.4 Å². The highest BCUT2D eigenvalue weighted by Gasteiger charge is 2.33. The summed E-state index contributed by atoms with van der Waals surface area (Å²) in [6, 6.07) is 3.64. The Morgan fingerprint density at radius 1 is 1.08 bits per heavy atom. The normalized spacial score (nSPS) is 21.4. The lowest BCUT2D eigenvalue weighted by Crippen LogP contribution is -2.21. The molecule has 1 fully saturated rings. The number of pyridine rings is 1. The summed E-state index contributed by atoms with van der Waals surface area (Å²) in [5.74, 6) is 0.586. The third-order valence-electron chi connectivity index (χ3n) is 4.93. The van der Waals surface area contributed by atoms with E-state index in [4.69, 9.17) is 0 Å². The molecule has 0 spiro atoms. The maximum Gasteiger partial charge on any atom is 0.270 e. The molecule has 3 heterocycles. The van der Waals surface area contributed by atoms with Crippen molar-refractivity contribution in [2.75, 3.05) is 11.1 Å². The van der Waals surface area contributed by atoms with Gasteiger partial charge in [-0.3, -0.25) is 24.2 Å². The molecule has 0 aromatic carbocycles. The molecule has 2 aliphatic rings. The Hall–Kier alpha value is -2.22. The van der Waals surface area contributed by atoms with Crippen LogP contribution in [0.25, 0.3) is 0 Å². The lowest BCUT2D eigenvalue weighted by Gasteiger charge is -2.24. The number of nitrogens with one attached hydrogen (secondary N) is 3. The van der Waals surface area contributed by atoms with Crippen LogP contribution >= 0.6 is 11.8 Å². The van der Waals surface area contributed by atoms with Crippen LogP contribution in [-0.2, 0) is 4.79 Å². The molecular formula is C17H20N4O3S.